The van der Waals surface area contributed by atoms with Crippen LogP contribution in [0.4, 0.5) is 0 Å². The molecule has 1 nitrogen and oxygen atoms in total. The fourth-order valence-electron chi connectivity index (χ4n) is 1.12. The van der Waals surface area contributed by atoms with Crippen LogP contribution in [0.15, 0.2) is 12.2 Å². The summed E-state index contributed by atoms with van der Waals surface area (Å²) < 4.78 is 0. The molecule has 2 unspecified atom stereocenters. The van der Waals surface area contributed by atoms with Crippen molar-refractivity contribution in [2.24, 2.45) is 11.8 Å². The van der Waals surface area contributed by atoms with Crippen LogP contribution in [0.25, 0.3) is 0 Å². The molecule has 60 valence electrons. The third-order valence-electron chi connectivity index (χ3n) is 1.61. The van der Waals surface area contributed by atoms with Crippen LogP contribution in [0, 0.1) is 11.8 Å². The van der Waals surface area contributed by atoms with Gasteiger partial charge in [0, 0.05) is 6.61 Å². The van der Waals surface area contributed by atoms with Crippen LogP contribution in [0.5, 0.6) is 0 Å². The molecule has 0 bridgehead atoms. The van der Waals surface area contributed by atoms with Crippen molar-refractivity contribution < 1.29 is 5.11 Å². The molecule has 0 rings (SSSR count). The van der Waals surface area contributed by atoms with Crippen LogP contribution >= 0.6 is 0 Å². The van der Waals surface area contributed by atoms with Crippen LogP contribution in [0.2, 0.25) is 0 Å². The Morgan fingerprint density at radius 2 is 2.00 bits per heavy atom. The number of hydrogen-bond acceptors (Lipinski definition) is 1. The first-order valence-corrected chi connectivity index (χ1v) is 3.94. The van der Waals surface area contributed by atoms with Gasteiger partial charge in [-0.1, -0.05) is 26.0 Å². The first-order valence-electron chi connectivity index (χ1n) is 3.94. The molecule has 0 spiro atoms. The van der Waals surface area contributed by atoms with Gasteiger partial charge in [-0.15, -0.1) is 0 Å². The number of aliphatic hydroxyl groups is 1. The molecule has 0 radical (unpaired) electrons. The van der Waals surface area contributed by atoms with E-state index in [1.165, 1.54) is 0 Å². The van der Waals surface area contributed by atoms with Gasteiger partial charge in [0.25, 0.3) is 0 Å². The van der Waals surface area contributed by atoms with Crippen LogP contribution in [0.3, 0.4) is 0 Å². The summed E-state index contributed by atoms with van der Waals surface area (Å²) in [7, 11) is 0. The first-order chi connectivity index (χ1) is 4.70. The SMILES string of the molecule is CC=CC(C)CC(C)CO. The zero-order chi connectivity index (χ0) is 7.98. The summed E-state index contributed by atoms with van der Waals surface area (Å²) in [5, 5.41) is 8.73. The van der Waals surface area contributed by atoms with Crippen LogP contribution < -0.4 is 0 Å². The summed E-state index contributed by atoms with van der Waals surface area (Å²) in [5.74, 6) is 1.04. The Balaban J connectivity index is 3.46. The van der Waals surface area contributed by atoms with E-state index in [-0.39, 0.29) is 0 Å². The molecule has 0 aliphatic rings. The standard InChI is InChI=1S/C9H18O/c1-4-5-8(2)6-9(3)7-10/h4-5,8-10H,6-7H2,1-3H3. The van der Waals surface area contributed by atoms with E-state index in [9.17, 15) is 0 Å². The van der Waals surface area contributed by atoms with Crippen molar-refractivity contribution in [2.75, 3.05) is 6.61 Å². The summed E-state index contributed by atoms with van der Waals surface area (Å²) in [6.45, 7) is 6.58. The predicted molar refractivity (Wildman–Crippen MR) is 44.8 cm³/mol. The minimum absolute atomic E-state index is 0.307. The molecule has 1 heteroatoms. The molecule has 1 N–H and O–H groups in total. The van der Waals surface area contributed by atoms with E-state index in [0.29, 0.717) is 18.4 Å². The van der Waals surface area contributed by atoms with Crippen LogP contribution in [0.1, 0.15) is 27.2 Å². The first kappa shape index (κ1) is 9.70. The lowest BCUT2D eigenvalue weighted by molar-refractivity contribution is 0.222. The van der Waals surface area contributed by atoms with Crippen molar-refractivity contribution >= 4 is 0 Å². The Labute approximate surface area is 63.8 Å². The Morgan fingerprint density at radius 3 is 2.40 bits per heavy atom. The number of hydrogen-bond donors (Lipinski definition) is 1. The monoisotopic (exact) mass is 142 g/mol. The molecule has 0 heterocycles. The average molecular weight is 142 g/mol. The Morgan fingerprint density at radius 1 is 1.40 bits per heavy atom. The summed E-state index contributed by atoms with van der Waals surface area (Å²) >= 11 is 0. The highest BCUT2D eigenvalue weighted by Gasteiger charge is 2.03. The molecule has 0 aromatic rings. The van der Waals surface area contributed by atoms with Gasteiger partial charge in [-0.25, -0.2) is 0 Å². The summed E-state index contributed by atoms with van der Waals surface area (Å²) in [6.07, 6.45) is 5.32. The van der Waals surface area contributed by atoms with Crippen LogP contribution in [-0.4, -0.2) is 11.7 Å². The van der Waals surface area contributed by atoms with Gasteiger partial charge < -0.3 is 5.11 Å². The molecule has 0 aromatic heterocycles. The second kappa shape index (κ2) is 5.48. The molecule has 0 fully saturated rings. The van der Waals surface area contributed by atoms with Crippen molar-refractivity contribution in [3.8, 4) is 0 Å². The quantitative estimate of drug-likeness (QED) is 0.597. The fourth-order valence-corrected chi connectivity index (χ4v) is 1.12. The van der Waals surface area contributed by atoms with Gasteiger partial charge in [-0.05, 0) is 25.2 Å². The maximum absolute atomic E-state index is 8.73. The van der Waals surface area contributed by atoms with Gasteiger partial charge in [0.2, 0.25) is 0 Å². The Bertz CT molecular complexity index is 96.9. The zero-order valence-corrected chi connectivity index (χ0v) is 7.17. The minimum atomic E-state index is 0.307. The van der Waals surface area contributed by atoms with E-state index in [0.717, 1.165) is 6.42 Å². The average Bonchev–Trinajstić information content (AvgIpc) is 1.88. The maximum atomic E-state index is 8.73. The summed E-state index contributed by atoms with van der Waals surface area (Å²) in [4.78, 5) is 0. The highest BCUT2D eigenvalue weighted by molar-refractivity contribution is 4.83. The topological polar surface area (TPSA) is 20.2 Å². The molecule has 0 aromatic carbocycles. The second-order valence-electron chi connectivity index (χ2n) is 3.03. The molecule has 0 saturated carbocycles. The zero-order valence-electron chi connectivity index (χ0n) is 7.17. The van der Waals surface area contributed by atoms with Gasteiger partial charge in [0.15, 0.2) is 0 Å². The van der Waals surface area contributed by atoms with E-state index in [1.807, 2.05) is 6.92 Å². The van der Waals surface area contributed by atoms with E-state index in [2.05, 4.69) is 26.0 Å². The molecular weight excluding hydrogens is 124 g/mol. The van der Waals surface area contributed by atoms with Crippen molar-refractivity contribution in [2.45, 2.75) is 27.2 Å². The molecule has 2 atom stereocenters. The lowest BCUT2D eigenvalue weighted by Crippen LogP contribution is -2.04. The summed E-state index contributed by atoms with van der Waals surface area (Å²) in [6, 6.07) is 0. The molecule has 10 heavy (non-hydrogen) atoms. The molecule has 0 aliphatic carbocycles. The van der Waals surface area contributed by atoms with E-state index >= 15 is 0 Å². The normalized spacial score (nSPS) is 17.6. The van der Waals surface area contributed by atoms with Gasteiger partial charge in [-0.3, -0.25) is 0 Å². The third kappa shape index (κ3) is 4.57. The molecule has 0 aliphatic heterocycles. The third-order valence-corrected chi connectivity index (χ3v) is 1.61. The van der Waals surface area contributed by atoms with E-state index in [4.69, 9.17) is 5.11 Å². The number of aliphatic hydroxyl groups excluding tert-OH is 1. The van der Waals surface area contributed by atoms with Gasteiger partial charge in [-0.2, -0.15) is 0 Å². The maximum Gasteiger partial charge on any atom is 0.0456 e. The lowest BCUT2D eigenvalue weighted by Gasteiger charge is -2.10. The second-order valence-corrected chi connectivity index (χ2v) is 3.03. The smallest absolute Gasteiger partial charge is 0.0456 e. The van der Waals surface area contributed by atoms with Gasteiger partial charge >= 0.3 is 0 Å². The van der Waals surface area contributed by atoms with Gasteiger partial charge in [0.05, 0.1) is 0 Å². The number of rotatable bonds is 4. The van der Waals surface area contributed by atoms with E-state index in [1.54, 1.807) is 0 Å². The number of allylic oxidation sites excluding steroid dienone is 2. The highest BCUT2D eigenvalue weighted by atomic mass is 16.3. The van der Waals surface area contributed by atoms with Gasteiger partial charge in [0.1, 0.15) is 0 Å². The van der Waals surface area contributed by atoms with Crippen molar-refractivity contribution in [1.82, 2.24) is 0 Å². The highest BCUT2D eigenvalue weighted by Crippen LogP contribution is 2.11. The van der Waals surface area contributed by atoms with E-state index < -0.39 is 0 Å². The Hall–Kier alpha value is -0.300. The van der Waals surface area contributed by atoms with Crippen molar-refractivity contribution in [3.63, 3.8) is 0 Å². The van der Waals surface area contributed by atoms with Crippen molar-refractivity contribution in [1.29, 1.82) is 0 Å². The largest absolute Gasteiger partial charge is 0.396 e. The molecular formula is C9H18O. The molecule has 0 amide bonds. The molecule has 0 saturated heterocycles. The van der Waals surface area contributed by atoms with Crippen LogP contribution in [-0.2, 0) is 0 Å². The summed E-state index contributed by atoms with van der Waals surface area (Å²) in [5.41, 5.74) is 0. The lowest BCUT2D eigenvalue weighted by atomic mass is 9.98. The predicted octanol–water partition coefficient (Wildman–Crippen LogP) is 2.22. The van der Waals surface area contributed by atoms with Crippen molar-refractivity contribution in [3.05, 3.63) is 12.2 Å². The fraction of sp³-hybridized carbons (Fsp3) is 0.778. The minimum Gasteiger partial charge on any atom is -0.396 e. The Kier molecular flexibility index (Phi) is 5.32.